The van der Waals surface area contributed by atoms with Crippen LogP contribution in [0.3, 0.4) is 0 Å². The van der Waals surface area contributed by atoms with Gasteiger partial charge >= 0.3 is 6.18 Å². The van der Waals surface area contributed by atoms with Crippen molar-refractivity contribution in [3.05, 3.63) is 81.0 Å². The smallest absolute Gasteiger partial charge is 0.333 e. The molecule has 6 nitrogen and oxygen atoms in total. The molecule has 0 bridgehead atoms. The van der Waals surface area contributed by atoms with Gasteiger partial charge in [-0.05, 0) is 50.7 Å². The van der Waals surface area contributed by atoms with Crippen molar-refractivity contribution in [2.75, 3.05) is 27.2 Å². The largest absolute Gasteiger partial charge is 0.435 e. The SMILES string of the molecule is [C-]#[N+]c1sc2c(c1C)[C@H](c1cccc(F)c1-c1cn(CC)nc1C(F)(F)F)CN(C(=O)/C=C/CN(C)C)C2. The Hall–Kier alpha value is -3.49. The molecule has 0 N–H and O–H groups in total. The van der Waals surface area contributed by atoms with Crippen molar-refractivity contribution < 1.29 is 22.4 Å². The van der Waals surface area contributed by atoms with Crippen LogP contribution in [0.25, 0.3) is 16.0 Å². The minimum atomic E-state index is -4.79. The standard InChI is InChI=1S/C27H27F4N5OS/c1-6-36-14-19(25(33-36)27(29,30)31)24-17(9-7-10-20(24)28)18-13-35(22(37)11-8-12-34(4)5)15-21-23(18)16(2)26(32-3)38-21/h7-11,14,18H,6,12-13,15H2,1-2,4-5H3/b11-8+/t18-/m0/s1. The fourth-order valence-corrected chi connectivity index (χ4v) is 5.95. The Labute approximate surface area is 222 Å². The highest BCUT2D eigenvalue weighted by Crippen LogP contribution is 2.48. The molecule has 0 radical (unpaired) electrons. The molecule has 1 amide bonds. The first-order valence-electron chi connectivity index (χ1n) is 12.0. The third-order valence-electron chi connectivity index (χ3n) is 6.52. The van der Waals surface area contributed by atoms with Crippen LogP contribution in [0.5, 0.6) is 0 Å². The molecule has 2 aromatic heterocycles. The Morgan fingerprint density at radius 3 is 2.71 bits per heavy atom. The van der Waals surface area contributed by atoms with Gasteiger partial charge in [0, 0.05) is 53.8 Å². The highest BCUT2D eigenvalue weighted by molar-refractivity contribution is 7.16. The quantitative estimate of drug-likeness (QED) is 0.209. The van der Waals surface area contributed by atoms with E-state index < -0.39 is 23.6 Å². The summed E-state index contributed by atoms with van der Waals surface area (Å²) in [6, 6.07) is 4.19. The number of halogens is 4. The van der Waals surface area contributed by atoms with Crippen LogP contribution in [0, 0.1) is 19.3 Å². The van der Waals surface area contributed by atoms with Crippen LogP contribution < -0.4 is 0 Å². The third kappa shape index (κ3) is 5.24. The first-order chi connectivity index (χ1) is 18.0. The van der Waals surface area contributed by atoms with Gasteiger partial charge in [-0.15, -0.1) is 0 Å². The molecule has 0 saturated heterocycles. The van der Waals surface area contributed by atoms with Crippen molar-refractivity contribution in [1.29, 1.82) is 0 Å². The molecule has 38 heavy (non-hydrogen) atoms. The summed E-state index contributed by atoms with van der Waals surface area (Å²) in [5, 5.41) is 4.13. The summed E-state index contributed by atoms with van der Waals surface area (Å²) in [5.74, 6) is -1.70. The average Bonchev–Trinajstić information content (AvgIpc) is 3.44. The minimum Gasteiger partial charge on any atom is -0.333 e. The monoisotopic (exact) mass is 545 g/mol. The Balaban J connectivity index is 1.90. The number of hydrogen-bond donors (Lipinski definition) is 0. The van der Waals surface area contributed by atoms with Gasteiger partial charge in [-0.3, -0.25) is 9.48 Å². The minimum absolute atomic E-state index is 0.132. The van der Waals surface area contributed by atoms with E-state index in [0.29, 0.717) is 22.7 Å². The predicted molar refractivity (Wildman–Crippen MR) is 139 cm³/mol. The molecule has 1 aliphatic rings. The number of nitrogens with zero attached hydrogens (tertiary/aromatic N) is 5. The molecule has 0 unspecified atom stereocenters. The molecule has 11 heteroatoms. The Kier molecular flexibility index (Phi) is 7.76. The van der Waals surface area contributed by atoms with Gasteiger partial charge in [0.2, 0.25) is 10.9 Å². The Morgan fingerprint density at radius 1 is 1.34 bits per heavy atom. The normalized spacial score (nSPS) is 15.8. The second-order valence-electron chi connectivity index (χ2n) is 9.37. The maximum atomic E-state index is 15.5. The van der Waals surface area contributed by atoms with E-state index in [0.717, 1.165) is 21.2 Å². The van der Waals surface area contributed by atoms with Gasteiger partial charge in [-0.25, -0.2) is 9.24 Å². The Morgan fingerprint density at radius 2 is 2.08 bits per heavy atom. The van der Waals surface area contributed by atoms with Crippen molar-refractivity contribution in [3.8, 4) is 11.1 Å². The molecule has 3 heterocycles. The zero-order chi connectivity index (χ0) is 27.8. The first-order valence-corrected chi connectivity index (χ1v) is 12.8. The number of aromatic nitrogens is 2. The van der Waals surface area contributed by atoms with E-state index >= 15 is 4.39 Å². The molecular weight excluding hydrogens is 518 g/mol. The van der Waals surface area contributed by atoms with Crippen LogP contribution in [-0.2, 0) is 24.1 Å². The summed E-state index contributed by atoms with van der Waals surface area (Å²) >= 11 is 1.26. The molecule has 0 saturated carbocycles. The summed E-state index contributed by atoms with van der Waals surface area (Å²) in [6.07, 6.45) is -0.370. The van der Waals surface area contributed by atoms with Gasteiger partial charge < -0.3 is 9.80 Å². The topological polar surface area (TPSA) is 45.7 Å². The number of hydrogen-bond acceptors (Lipinski definition) is 4. The maximum Gasteiger partial charge on any atom is 0.435 e. The van der Waals surface area contributed by atoms with Crippen LogP contribution in [0.1, 0.15) is 40.1 Å². The number of carbonyl (C=O) groups is 1. The summed E-state index contributed by atoms with van der Waals surface area (Å²) in [4.78, 5) is 21.0. The van der Waals surface area contributed by atoms with E-state index in [4.69, 9.17) is 6.57 Å². The zero-order valence-corrected chi connectivity index (χ0v) is 22.3. The van der Waals surface area contributed by atoms with Crippen molar-refractivity contribution in [1.82, 2.24) is 19.6 Å². The van der Waals surface area contributed by atoms with Crippen LogP contribution >= 0.6 is 11.3 Å². The number of thiophene rings is 1. The highest BCUT2D eigenvalue weighted by atomic mass is 32.1. The number of benzene rings is 1. The van der Waals surface area contributed by atoms with Gasteiger partial charge in [0.1, 0.15) is 5.82 Å². The van der Waals surface area contributed by atoms with Crippen LogP contribution in [0.15, 0.2) is 36.5 Å². The first kappa shape index (κ1) is 27.5. The van der Waals surface area contributed by atoms with Gasteiger partial charge in [0.15, 0.2) is 5.69 Å². The van der Waals surface area contributed by atoms with Crippen molar-refractivity contribution in [3.63, 3.8) is 0 Å². The van der Waals surface area contributed by atoms with E-state index in [1.165, 1.54) is 29.7 Å². The predicted octanol–water partition coefficient (Wildman–Crippen LogP) is 6.24. The lowest BCUT2D eigenvalue weighted by atomic mass is 9.82. The van der Waals surface area contributed by atoms with E-state index in [1.54, 1.807) is 30.9 Å². The lowest BCUT2D eigenvalue weighted by Crippen LogP contribution is -2.37. The van der Waals surface area contributed by atoms with Crippen LogP contribution in [0.2, 0.25) is 0 Å². The van der Waals surface area contributed by atoms with Crippen LogP contribution in [0.4, 0.5) is 22.6 Å². The summed E-state index contributed by atoms with van der Waals surface area (Å²) in [7, 11) is 3.75. The number of alkyl halides is 3. The van der Waals surface area contributed by atoms with Gasteiger partial charge in [0.05, 0.1) is 13.1 Å². The molecule has 0 spiro atoms. The maximum absolute atomic E-state index is 15.5. The number of amides is 1. The molecule has 4 rings (SSSR count). The fraction of sp³-hybridized carbons (Fsp3) is 0.370. The van der Waals surface area contributed by atoms with Crippen LogP contribution in [-0.4, -0.2) is 52.7 Å². The van der Waals surface area contributed by atoms with Gasteiger partial charge in [-0.1, -0.05) is 18.2 Å². The molecule has 0 fully saturated rings. The average molecular weight is 546 g/mol. The lowest BCUT2D eigenvalue weighted by molar-refractivity contribution is -0.141. The molecule has 200 valence electrons. The zero-order valence-electron chi connectivity index (χ0n) is 21.4. The third-order valence-corrected chi connectivity index (χ3v) is 7.71. The van der Waals surface area contributed by atoms with Gasteiger partial charge in [-0.2, -0.15) is 29.6 Å². The molecule has 1 aliphatic heterocycles. The molecule has 1 atom stereocenters. The number of fused-ring (bicyclic) bond motifs is 1. The van der Waals surface area contributed by atoms with Crippen molar-refractivity contribution >= 4 is 22.2 Å². The summed E-state index contributed by atoms with van der Waals surface area (Å²) in [6.45, 7) is 12.2. The van der Waals surface area contributed by atoms with E-state index in [1.807, 2.05) is 19.0 Å². The lowest BCUT2D eigenvalue weighted by Gasteiger charge is -2.34. The van der Waals surface area contributed by atoms with E-state index in [9.17, 15) is 18.0 Å². The van der Waals surface area contributed by atoms with Crippen molar-refractivity contribution in [2.24, 2.45) is 0 Å². The number of rotatable bonds is 6. The van der Waals surface area contributed by atoms with E-state index in [2.05, 4.69) is 9.94 Å². The van der Waals surface area contributed by atoms with Gasteiger partial charge in [0.25, 0.3) is 0 Å². The summed E-state index contributed by atoms with van der Waals surface area (Å²) in [5.41, 5.74) is 0.0932. The Bertz CT molecular complexity index is 1430. The number of likely N-dealkylation sites (N-methyl/N-ethyl adjacent to an activating group) is 1. The molecule has 1 aromatic carbocycles. The van der Waals surface area contributed by atoms with E-state index in [-0.39, 0.29) is 36.7 Å². The molecular formula is C27H27F4N5OS. The second-order valence-corrected chi connectivity index (χ2v) is 10.4. The number of aryl methyl sites for hydroxylation is 1. The summed E-state index contributed by atoms with van der Waals surface area (Å²) < 4.78 is 58.6. The number of carbonyl (C=O) groups excluding carboxylic acids is 1. The molecule has 0 aliphatic carbocycles. The van der Waals surface area contributed by atoms with Crippen molar-refractivity contribution in [2.45, 2.75) is 39.0 Å². The molecule has 3 aromatic rings. The second kappa shape index (κ2) is 10.7. The highest BCUT2D eigenvalue weighted by Gasteiger charge is 2.40. The fourth-order valence-electron chi connectivity index (χ4n) is 4.78.